The van der Waals surface area contributed by atoms with Gasteiger partial charge in [-0.05, 0) is 25.2 Å². The van der Waals surface area contributed by atoms with E-state index in [1.54, 1.807) is 12.3 Å². The molecule has 0 fully saturated rings. The summed E-state index contributed by atoms with van der Waals surface area (Å²) in [5.41, 5.74) is 9.71. The summed E-state index contributed by atoms with van der Waals surface area (Å²) < 4.78 is 0. The molecule has 5 heteroatoms. The highest BCUT2D eigenvalue weighted by Crippen LogP contribution is 2.29. The number of benzene rings is 1. The predicted molar refractivity (Wildman–Crippen MR) is 96.2 cm³/mol. The van der Waals surface area contributed by atoms with Gasteiger partial charge in [-0.2, -0.15) is 5.10 Å². The van der Waals surface area contributed by atoms with E-state index < -0.39 is 0 Å². The van der Waals surface area contributed by atoms with E-state index in [2.05, 4.69) is 35.9 Å². The summed E-state index contributed by atoms with van der Waals surface area (Å²) in [7, 11) is 1.95. The summed E-state index contributed by atoms with van der Waals surface area (Å²) in [6, 6.07) is 12.1. The number of nitrogen functional groups attached to an aromatic ring is 1. The largest absolute Gasteiger partial charge is 0.383 e. The topological polar surface area (TPSA) is 66.5 Å². The zero-order valence-electron chi connectivity index (χ0n) is 13.4. The molecule has 2 unspecified atom stereocenters. The summed E-state index contributed by atoms with van der Waals surface area (Å²) in [4.78, 5) is 4.26. The minimum Gasteiger partial charge on any atom is -0.383 e. The SMILES string of the molecule is C=Cc1cc(C2=NN(c3ccccc3)C(NC)C2C)cnc1N. The first kappa shape index (κ1) is 15.2. The fourth-order valence-electron chi connectivity index (χ4n) is 2.92. The van der Waals surface area contributed by atoms with Crippen molar-refractivity contribution in [3.63, 3.8) is 0 Å². The smallest absolute Gasteiger partial charge is 0.130 e. The van der Waals surface area contributed by atoms with Crippen LogP contribution in [-0.2, 0) is 0 Å². The van der Waals surface area contributed by atoms with Crippen LogP contribution in [0.4, 0.5) is 11.5 Å². The second-order valence-electron chi connectivity index (χ2n) is 5.59. The van der Waals surface area contributed by atoms with Crippen LogP contribution in [0.15, 0.2) is 54.3 Å². The Hall–Kier alpha value is -2.66. The molecule has 1 aromatic heterocycles. The van der Waals surface area contributed by atoms with Crippen LogP contribution in [0.1, 0.15) is 18.1 Å². The highest BCUT2D eigenvalue weighted by molar-refractivity contribution is 6.05. The molecule has 0 amide bonds. The van der Waals surface area contributed by atoms with Crippen molar-refractivity contribution in [3.05, 3.63) is 60.3 Å². The Morgan fingerprint density at radius 3 is 2.70 bits per heavy atom. The maximum atomic E-state index is 5.86. The molecular weight excluding hydrogens is 286 g/mol. The number of anilines is 2. The lowest BCUT2D eigenvalue weighted by Gasteiger charge is -2.25. The highest BCUT2D eigenvalue weighted by atomic mass is 15.5. The van der Waals surface area contributed by atoms with E-state index in [1.807, 2.05) is 36.3 Å². The van der Waals surface area contributed by atoms with E-state index in [-0.39, 0.29) is 12.1 Å². The van der Waals surface area contributed by atoms with Crippen LogP contribution in [0.2, 0.25) is 0 Å². The van der Waals surface area contributed by atoms with Gasteiger partial charge in [-0.3, -0.25) is 5.32 Å². The van der Waals surface area contributed by atoms with E-state index in [9.17, 15) is 0 Å². The Labute approximate surface area is 136 Å². The Balaban J connectivity index is 2.03. The van der Waals surface area contributed by atoms with E-state index in [0.29, 0.717) is 5.82 Å². The van der Waals surface area contributed by atoms with Crippen molar-refractivity contribution < 1.29 is 0 Å². The van der Waals surface area contributed by atoms with Crippen molar-refractivity contribution in [3.8, 4) is 0 Å². The van der Waals surface area contributed by atoms with Gasteiger partial charge in [0.2, 0.25) is 0 Å². The number of hydrogen-bond donors (Lipinski definition) is 2. The first-order chi connectivity index (χ1) is 11.2. The van der Waals surface area contributed by atoms with E-state index in [0.717, 1.165) is 22.5 Å². The van der Waals surface area contributed by atoms with Crippen molar-refractivity contribution in [1.29, 1.82) is 0 Å². The van der Waals surface area contributed by atoms with Crippen LogP contribution in [0.3, 0.4) is 0 Å². The lowest BCUT2D eigenvalue weighted by Crippen LogP contribution is -2.42. The molecule has 0 radical (unpaired) electrons. The molecular formula is C18H21N5. The fourth-order valence-corrected chi connectivity index (χ4v) is 2.92. The molecule has 0 bridgehead atoms. The van der Waals surface area contributed by atoms with Gasteiger partial charge in [-0.1, -0.05) is 37.8 Å². The third kappa shape index (κ3) is 2.71. The maximum absolute atomic E-state index is 5.86. The van der Waals surface area contributed by atoms with Gasteiger partial charge in [-0.25, -0.2) is 9.99 Å². The molecule has 23 heavy (non-hydrogen) atoms. The third-order valence-corrected chi connectivity index (χ3v) is 4.17. The summed E-state index contributed by atoms with van der Waals surface area (Å²) >= 11 is 0. The van der Waals surface area contributed by atoms with Gasteiger partial charge in [0.05, 0.1) is 11.4 Å². The van der Waals surface area contributed by atoms with Gasteiger partial charge < -0.3 is 5.73 Å². The number of aromatic nitrogens is 1. The molecule has 0 aliphatic carbocycles. The van der Waals surface area contributed by atoms with Crippen LogP contribution < -0.4 is 16.1 Å². The molecule has 2 atom stereocenters. The average molecular weight is 307 g/mol. The first-order valence-electron chi connectivity index (χ1n) is 7.64. The summed E-state index contributed by atoms with van der Waals surface area (Å²) in [5.74, 6) is 0.698. The van der Waals surface area contributed by atoms with Gasteiger partial charge in [-0.15, -0.1) is 0 Å². The van der Waals surface area contributed by atoms with Crippen LogP contribution >= 0.6 is 0 Å². The molecule has 5 nitrogen and oxygen atoms in total. The first-order valence-corrected chi connectivity index (χ1v) is 7.64. The summed E-state index contributed by atoms with van der Waals surface area (Å²) in [6.07, 6.45) is 3.59. The fraction of sp³-hybridized carbons (Fsp3) is 0.222. The molecule has 0 saturated heterocycles. The second kappa shape index (κ2) is 6.22. The predicted octanol–water partition coefficient (Wildman–Crippen LogP) is 2.71. The van der Waals surface area contributed by atoms with Crippen molar-refractivity contribution in [2.45, 2.75) is 13.1 Å². The number of hydrazone groups is 1. The minimum absolute atomic E-state index is 0.0946. The Morgan fingerprint density at radius 2 is 2.04 bits per heavy atom. The molecule has 1 aliphatic heterocycles. The van der Waals surface area contributed by atoms with Crippen molar-refractivity contribution >= 4 is 23.3 Å². The zero-order valence-corrected chi connectivity index (χ0v) is 13.4. The monoisotopic (exact) mass is 307 g/mol. The zero-order chi connectivity index (χ0) is 16.4. The lowest BCUT2D eigenvalue weighted by molar-refractivity contribution is 0.493. The number of nitrogens with two attached hydrogens (primary N) is 1. The van der Waals surface area contributed by atoms with Crippen molar-refractivity contribution in [2.75, 3.05) is 17.8 Å². The molecule has 3 rings (SSSR count). The summed E-state index contributed by atoms with van der Waals surface area (Å²) in [5, 5.41) is 10.2. The van der Waals surface area contributed by atoms with Gasteiger partial charge in [0.25, 0.3) is 0 Å². The number of para-hydroxylation sites is 1. The molecule has 2 aromatic rings. The Kier molecular flexibility index (Phi) is 4.12. The lowest BCUT2D eigenvalue weighted by atomic mass is 9.97. The molecule has 0 spiro atoms. The van der Waals surface area contributed by atoms with Crippen LogP contribution in [0.5, 0.6) is 0 Å². The number of nitrogens with zero attached hydrogens (tertiary/aromatic N) is 3. The van der Waals surface area contributed by atoms with Crippen molar-refractivity contribution in [2.24, 2.45) is 11.0 Å². The molecule has 2 heterocycles. The van der Waals surface area contributed by atoms with Crippen LogP contribution in [0.25, 0.3) is 6.08 Å². The Bertz CT molecular complexity index is 738. The highest BCUT2D eigenvalue weighted by Gasteiger charge is 2.34. The Morgan fingerprint density at radius 1 is 1.30 bits per heavy atom. The third-order valence-electron chi connectivity index (χ3n) is 4.17. The van der Waals surface area contributed by atoms with E-state index >= 15 is 0 Å². The van der Waals surface area contributed by atoms with Crippen LogP contribution in [-0.4, -0.2) is 23.9 Å². The van der Waals surface area contributed by atoms with Gasteiger partial charge in [0.15, 0.2) is 0 Å². The standard InChI is InChI=1S/C18H21N5/c1-4-13-10-14(11-21-17(13)19)16-12(2)18(20-3)23(22-16)15-8-6-5-7-9-15/h4-12,18,20H,1H2,2-3H3,(H2,19,21). The second-order valence-corrected chi connectivity index (χ2v) is 5.59. The van der Waals surface area contributed by atoms with E-state index in [4.69, 9.17) is 10.8 Å². The number of nitrogens with one attached hydrogen (secondary N) is 1. The van der Waals surface area contributed by atoms with Gasteiger partial charge >= 0.3 is 0 Å². The van der Waals surface area contributed by atoms with E-state index in [1.165, 1.54) is 0 Å². The quantitative estimate of drug-likeness (QED) is 0.911. The molecule has 3 N–H and O–H groups in total. The number of pyridine rings is 1. The summed E-state index contributed by atoms with van der Waals surface area (Å²) in [6.45, 7) is 5.95. The maximum Gasteiger partial charge on any atom is 0.130 e. The van der Waals surface area contributed by atoms with Crippen LogP contribution in [0, 0.1) is 5.92 Å². The van der Waals surface area contributed by atoms with Crippen molar-refractivity contribution in [1.82, 2.24) is 10.3 Å². The number of rotatable bonds is 4. The molecule has 0 saturated carbocycles. The van der Waals surface area contributed by atoms with Gasteiger partial charge in [0.1, 0.15) is 12.0 Å². The number of hydrogen-bond acceptors (Lipinski definition) is 5. The normalized spacial score (nSPS) is 20.4. The molecule has 118 valence electrons. The molecule has 1 aliphatic rings. The van der Waals surface area contributed by atoms with Gasteiger partial charge in [0, 0.05) is 23.2 Å². The minimum atomic E-state index is 0.0946. The average Bonchev–Trinajstić information content (AvgIpc) is 2.92. The molecule has 1 aromatic carbocycles.